The van der Waals surface area contributed by atoms with Crippen LogP contribution in [-0.4, -0.2) is 10.2 Å². The van der Waals surface area contributed by atoms with Gasteiger partial charge in [-0.2, -0.15) is 5.26 Å². The smallest absolute Gasteiger partial charge is 0.0991 e. The van der Waals surface area contributed by atoms with Crippen LogP contribution >= 0.6 is 0 Å². The number of hydrogen-bond donors (Lipinski definition) is 0. The Morgan fingerprint density at radius 1 is 0.274 bits per heavy atom. The molecular formula is C79H49N5. The average molecular weight is 1070 g/mol. The first-order valence-corrected chi connectivity index (χ1v) is 28.7. The molecule has 2 atom stereocenters. The summed E-state index contributed by atoms with van der Waals surface area (Å²) in [4.78, 5) is 4.96. The summed E-state index contributed by atoms with van der Waals surface area (Å²) in [6.45, 7) is 0. The fourth-order valence-electron chi connectivity index (χ4n) is 14.9. The molecule has 5 heteroatoms. The van der Waals surface area contributed by atoms with E-state index in [0.29, 0.717) is 5.56 Å². The highest BCUT2D eigenvalue weighted by Gasteiger charge is 2.54. The van der Waals surface area contributed by atoms with E-state index < -0.39 is 10.8 Å². The van der Waals surface area contributed by atoms with Gasteiger partial charge in [0, 0.05) is 22.5 Å². The van der Waals surface area contributed by atoms with Crippen molar-refractivity contribution in [3.8, 4) is 73.1 Å². The molecule has 2 aliphatic heterocycles. The Bertz CT molecular complexity index is 4860. The van der Waals surface area contributed by atoms with Crippen molar-refractivity contribution in [2.75, 3.05) is 9.80 Å². The van der Waals surface area contributed by atoms with Crippen molar-refractivity contribution in [3.05, 3.63) is 347 Å². The van der Waals surface area contributed by atoms with E-state index in [1.54, 1.807) is 0 Å². The van der Waals surface area contributed by atoms with Gasteiger partial charge in [-0.3, -0.25) is 0 Å². The van der Waals surface area contributed by atoms with Crippen LogP contribution in [0.3, 0.4) is 0 Å². The van der Waals surface area contributed by atoms with Gasteiger partial charge in [0.2, 0.25) is 0 Å². The molecule has 4 aliphatic rings. The minimum atomic E-state index is -0.689. The van der Waals surface area contributed by atoms with E-state index in [1.807, 2.05) is 30.3 Å². The van der Waals surface area contributed by atoms with E-state index >= 15 is 0 Å². The number of para-hydroxylation sites is 4. The second kappa shape index (κ2) is 18.4. The van der Waals surface area contributed by atoms with Crippen LogP contribution < -0.4 is 9.80 Å². The summed E-state index contributed by atoms with van der Waals surface area (Å²) in [5, 5.41) is 19.6. The van der Waals surface area contributed by atoms with Gasteiger partial charge in [0.25, 0.3) is 0 Å². The van der Waals surface area contributed by atoms with E-state index in [2.05, 4.69) is 283 Å². The molecule has 0 saturated carbocycles. The number of fused-ring (bicyclic) bond motifs is 18. The molecular weight excluding hydrogens is 1020 g/mol. The van der Waals surface area contributed by atoms with Crippen molar-refractivity contribution in [3.63, 3.8) is 0 Å². The maximum atomic E-state index is 9.80. The third-order valence-corrected chi connectivity index (χ3v) is 18.2. The van der Waals surface area contributed by atoms with Crippen LogP contribution in [0.1, 0.15) is 50.1 Å². The fourth-order valence-corrected chi connectivity index (χ4v) is 14.9. The van der Waals surface area contributed by atoms with Crippen LogP contribution in [-0.2, 0) is 10.8 Å². The SMILES string of the molecule is N#Cc1ccc(-c2cccc3c2-c2ccccc2C32c3ccccc3N(c3ccccc3)c3cc(-c4ccc5c(c4)N(c4ccccc4)c4ccccc4C54c5ccccc5-c5c(-c6ccc(-c7ccccc7)nn6)cccc54)ccc32)cc1. The van der Waals surface area contributed by atoms with Crippen LogP contribution in [0, 0.1) is 11.3 Å². The number of benzene rings is 12. The zero-order valence-corrected chi connectivity index (χ0v) is 45.5. The predicted molar refractivity (Wildman–Crippen MR) is 340 cm³/mol. The lowest BCUT2D eigenvalue weighted by Crippen LogP contribution is -2.36. The number of anilines is 6. The number of rotatable bonds is 6. The van der Waals surface area contributed by atoms with Crippen molar-refractivity contribution in [2.45, 2.75) is 10.8 Å². The molecule has 3 heterocycles. The molecule has 0 radical (unpaired) electrons. The quantitative estimate of drug-likeness (QED) is 0.166. The molecule has 390 valence electrons. The van der Waals surface area contributed by atoms with Crippen LogP contribution in [0.15, 0.2) is 297 Å². The normalized spacial score (nSPS) is 16.1. The second-order valence-corrected chi connectivity index (χ2v) is 22.2. The van der Waals surface area contributed by atoms with Crippen LogP contribution in [0.4, 0.5) is 34.1 Å². The summed E-state index contributed by atoms with van der Waals surface area (Å²) in [7, 11) is 0. The lowest BCUT2D eigenvalue weighted by Gasteiger charge is -2.45. The number of aromatic nitrogens is 2. The molecule has 2 unspecified atom stereocenters. The Balaban J connectivity index is 0.902. The van der Waals surface area contributed by atoms with Crippen LogP contribution in [0.5, 0.6) is 0 Å². The van der Waals surface area contributed by atoms with Gasteiger partial charge in [0.1, 0.15) is 0 Å². The van der Waals surface area contributed by atoms with Crippen molar-refractivity contribution >= 4 is 34.1 Å². The Morgan fingerprint density at radius 3 is 1.18 bits per heavy atom. The lowest BCUT2D eigenvalue weighted by atomic mass is 9.64. The molecule has 17 rings (SSSR count). The van der Waals surface area contributed by atoms with Gasteiger partial charge >= 0.3 is 0 Å². The van der Waals surface area contributed by atoms with E-state index in [4.69, 9.17) is 10.2 Å². The van der Waals surface area contributed by atoms with Gasteiger partial charge in [-0.15, -0.1) is 10.2 Å². The van der Waals surface area contributed by atoms with E-state index in [9.17, 15) is 5.26 Å². The third kappa shape index (κ3) is 6.59. The first-order chi connectivity index (χ1) is 41.6. The summed E-state index contributed by atoms with van der Waals surface area (Å²) in [5.74, 6) is 0. The summed E-state index contributed by atoms with van der Waals surface area (Å²) in [5.41, 5.74) is 28.8. The monoisotopic (exact) mass is 1070 g/mol. The van der Waals surface area contributed by atoms with Crippen molar-refractivity contribution in [1.29, 1.82) is 5.26 Å². The highest BCUT2D eigenvalue weighted by molar-refractivity contribution is 6.03. The Kier molecular flexibility index (Phi) is 10.4. The van der Waals surface area contributed by atoms with Gasteiger partial charge in [0.05, 0.1) is 56.6 Å². The number of nitriles is 1. The second-order valence-electron chi connectivity index (χ2n) is 22.2. The molecule has 12 aromatic carbocycles. The highest BCUT2D eigenvalue weighted by atomic mass is 15.2. The lowest BCUT2D eigenvalue weighted by molar-refractivity contribution is 0.752. The highest BCUT2D eigenvalue weighted by Crippen LogP contribution is 2.67. The summed E-state index contributed by atoms with van der Waals surface area (Å²) in [6.07, 6.45) is 0. The topological polar surface area (TPSA) is 56.1 Å². The number of hydrogen-bond acceptors (Lipinski definition) is 5. The first kappa shape index (κ1) is 47.6. The molecule has 2 spiro atoms. The minimum Gasteiger partial charge on any atom is -0.310 e. The van der Waals surface area contributed by atoms with Crippen molar-refractivity contribution in [1.82, 2.24) is 10.2 Å². The molecule has 5 nitrogen and oxygen atoms in total. The molecule has 0 saturated heterocycles. The summed E-state index contributed by atoms with van der Waals surface area (Å²) in [6, 6.07) is 111. The Morgan fingerprint density at radius 2 is 0.667 bits per heavy atom. The third-order valence-electron chi connectivity index (χ3n) is 18.2. The zero-order chi connectivity index (χ0) is 55.5. The number of nitrogens with zero attached hydrogens (tertiary/aromatic N) is 5. The molecule has 0 fully saturated rings. The maximum Gasteiger partial charge on any atom is 0.0991 e. The predicted octanol–water partition coefficient (Wildman–Crippen LogP) is 19.3. The van der Waals surface area contributed by atoms with E-state index in [-0.39, 0.29) is 0 Å². The van der Waals surface area contributed by atoms with Gasteiger partial charge in [-0.05, 0) is 162 Å². The van der Waals surface area contributed by atoms with Gasteiger partial charge in [-0.1, -0.05) is 224 Å². The molecule has 13 aromatic rings. The van der Waals surface area contributed by atoms with E-state index in [1.165, 1.54) is 66.8 Å². The van der Waals surface area contributed by atoms with Gasteiger partial charge in [-0.25, -0.2) is 0 Å². The van der Waals surface area contributed by atoms with E-state index in [0.717, 1.165) is 78.9 Å². The molecule has 84 heavy (non-hydrogen) atoms. The Labute approximate surface area is 488 Å². The van der Waals surface area contributed by atoms with Crippen molar-refractivity contribution in [2.24, 2.45) is 0 Å². The largest absolute Gasteiger partial charge is 0.310 e. The van der Waals surface area contributed by atoms with Crippen molar-refractivity contribution < 1.29 is 0 Å². The van der Waals surface area contributed by atoms with Gasteiger partial charge in [0.15, 0.2) is 0 Å². The summed E-state index contributed by atoms with van der Waals surface area (Å²) >= 11 is 0. The minimum absolute atomic E-state index is 0.645. The average Bonchev–Trinajstić information content (AvgIpc) is 1.46. The zero-order valence-electron chi connectivity index (χ0n) is 45.5. The maximum absolute atomic E-state index is 9.80. The fraction of sp³-hybridized carbons (Fsp3) is 0.0253. The molecule has 0 N–H and O–H groups in total. The van der Waals surface area contributed by atoms with Crippen LogP contribution in [0.25, 0.3) is 67.0 Å². The Hall–Kier alpha value is -11.2. The standard InChI is InChI=1S/C79H49N5/c80-50-51-38-40-52(41-39-51)58-28-18-34-68-76(58)59-26-10-12-30-62(59)78(68)64-32-14-16-36-72(64)83(56-22-6-2-7-23-56)74-48-54(42-44-66(74)78)55-43-45-67-75(49-55)84(57-24-8-3-9-25-57)73-37-17-15-33-65(73)79(67)63-31-13-11-27-60(63)77-61(29-19-35-69(77)79)71-47-46-70(81-82-71)53-20-4-1-5-21-53/h1-49H. The molecule has 1 aromatic heterocycles. The molecule has 2 aliphatic carbocycles. The molecule has 0 bridgehead atoms. The first-order valence-electron chi connectivity index (χ1n) is 28.7. The van der Waals surface area contributed by atoms with Crippen LogP contribution in [0.2, 0.25) is 0 Å². The van der Waals surface area contributed by atoms with Gasteiger partial charge < -0.3 is 9.80 Å². The summed E-state index contributed by atoms with van der Waals surface area (Å²) < 4.78 is 0. The molecule has 0 amide bonds.